The zero-order chi connectivity index (χ0) is 37.4. The Morgan fingerprint density at radius 3 is 1.57 bits per heavy atom. The summed E-state index contributed by atoms with van der Waals surface area (Å²) < 4.78 is 1.80. The normalized spacial score (nSPS) is 15.9. The van der Waals surface area contributed by atoms with Gasteiger partial charge in [0.05, 0.1) is 55.2 Å². The summed E-state index contributed by atoms with van der Waals surface area (Å²) in [6.07, 6.45) is 5.46. The third-order valence-electron chi connectivity index (χ3n) is 8.87. The minimum Gasteiger partial charge on any atom is -0.480 e. The Bertz CT molecular complexity index is 1670. The Balaban J connectivity index is 1.25. The molecule has 4 aromatic heterocycles. The number of carboxylic acids is 3. The summed E-state index contributed by atoms with van der Waals surface area (Å²) in [6.45, 7) is 5.76. The average Bonchev–Trinajstić information content (AvgIpc) is 3.61. The van der Waals surface area contributed by atoms with E-state index in [1.807, 2.05) is 60.8 Å². The van der Waals surface area contributed by atoms with Crippen molar-refractivity contribution >= 4 is 17.9 Å². The molecule has 4 aromatic rings. The molecule has 0 bridgehead atoms. The molecule has 1 saturated heterocycles. The smallest absolute Gasteiger partial charge is 0.317 e. The maximum absolute atomic E-state index is 11.7. The van der Waals surface area contributed by atoms with Gasteiger partial charge >= 0.3 is 17.9 Å². The highest BCUT2D eigenvalue weighted by atomic mass is 16.4. The van der Waals surface area contributed by atoms with E-state index in [2.05, 4.69) is 30.1 Å². The number of aliphatic carboxylic acids is 3. The van der Waals surface area contributed by atoms with Crippen molar-refractivity contribution in [2.75, 3.05) is 78.5 Å². The minimum atomic E-state index is -0.991. The van der Waals surface area contributed by atoms with Crippen molar-refractivity contribution in [1.29, 1.82) is 0 Å². The molecular formula is C36H47N11O6. The second-order valence-corrected chi connectivity index (χ2v) is 13.0. The van der Waals surface area contributed by atoms with Gasteiger partial charge in [-0.3, -0.25) is 53.5 Å². The van der Waals surface area contributed by atoms with Gasteiger partial charge in [-0.05, 0) is 36.4 Å². The van der Waals surface area contributed by atoms with Crippen molar-refractivity contribution in [3.63, 3.8) is 0 Å². The van der Waals surface area contributed by atoms with E-state index in [0.29, 0.717) is 96.5 Å². The molecule has 3 N–H and O–H groups in total. The first kappa shape index (κ1) is 39.0. The molecule has 1 fully saturated rings. The molecular weight excluding hydrogens is 682 g/mol. The Morgan fingerprint density at radius 1 is 0.604 bits per heavy atom. The summed E-state index contributed by atoms with van der Waals surface area (Å²) in [7, 11) is 0. The van der Waals surface area contributed by atoms with Crippen molar-refractivity contribution in [2.45, 2.75) is 26.2 Å². The molecule has 0 spiro atoms. The SMILES string of the molecule is O=C(O)CN1CCN(CC(=O)O)CCN(Cc2cccc(-c3cn(CCN(Cc4ccccn4)Cc4ccccn4)nn3)n2)CCN(CC(=O)O)CC1. The first-order valence-electron chi connectivity index (χ1n) is 17.6. The molecule has 0 aliphatic carbocycles. The lowest BCUT2D eigenvalue weighted by atomic mass is 10.2. The van der Waals surface area contributed by atoms with E-state index in [9.17, 15) is 29.7 Å². The fourth-order valence-corrected chi connectivity index (χ4v) is 6.15. The van der Waals surface area contributed by atoms with Crippen molar-refractivity contribution in [3.05, 3.63) is 90.3 Å². The summed E-state index contributed by atoms with van der Waals surface area (Å²) >= 11 is 0. The van der Waals surface area contributed by atoms with Crippen LogP contribution in [0.25, 0.3) is 11.4 Å². The van der Waals surface area contributed by atoms with Crippen molar-refractivity contribution < 1.29 is 29.7 Å². The average molecular weight is 730 g/mol. The number of carboxylic acid groups (broad SMARTS) is 3. The highest BCUT2D eigenvalue weighted by Gasteiger charge is 2.21. The van der Waals surface area contributed by atoms with Crippen LogP contribution in [0.5, 0.6) is 0 Å². The lowest BCUT2D eigenvalue weighted by molar-refractivity contribution is -0.140. The van der Waals surface area contributed by atoms with E-state index >= 15 is 0 Å². The molecule has 0 aromatic carbocycles. The largest absolute Gasteiger partial charge is 0.480 e. The first-order chi connectivity index (χ1) is 25.7. The van der Waals surface area contributed by atoms with Gasteiger partial charge < -0.3 is 15.3 Å². The predicted molar refractivity (Wildman–Crippen MR) is 193 cm³/mol. The predicted octanol–water partition coefficient (Wildman–Crippen LogP) is 0.808. The van der Waals surface area contributed by atoms with E-state index in [-0.39, 0.29) is 19.6 Å². The quantitative estimate of drug-likeness (QED) is 0.146. The molecule has 17 nitrogen and oxygen atoms in total. The van der Waals surface area contributed by atoms with Gasteiger partial charge in [-0.2, -0.15) is 0 Å². The van der Waals surface area contributed by atoms with Crippen LogP contribution in [0.4, 0.5) is 0 Å². The third kappa shape index (κ3) is 13.7. The molecule has 0 unspecified atom stereocenters. The lowest BCUT2D eigenvalue weighted by Crippen LogP contribution is -2.48. The highest BCUT2D eigenvalue weighted by Crippen LogP contribution is 2.16. The van der Waals surface area contributed by atoms with Crippen LogP contribution in [0.2, 0.25) is 0 Å². The van der Waals surface area contributed by atoms with Crippen LogP contribution in [-0.4, -0.2) is 166 Å². The zero-order valence-electron chi connectivity index (χ0n) is 29.7. The highest BCUT2D eigenvalue weighted by molar-refractivity contribution is 5.70. The van der Waals surface area contributed by atoms with Crippen molar-refractivity contribution in [1.82, 2.24) is 54.4 Å². The van der Waals surface area contributed by atoms with Gasteiger partial charge in [0.15, 0.2) is 0 Å². The second-order valence-electron chi connectivity index (χ2n) is 13.0. The maximum Gasteiger partial charge on any atom is 0.317 e. The number of hydrogen-bond donors (Lipinski definition) is 3. The van der Waals surface area contributed by atoms with E-state index in [4.69, 9.17) is 4.98 Å². The van der Waals surface area contributed by atoms with Crippen LogP contribution in [0.3, 0.4) is 0 Å². The molecule has 0 atom stereocenters. The Kier molecular flexibility index (Phi) is 14.8. The van der Waals surface area contributed by atoms with E-state index < -0.39 is 17.9 Å². The maximum atomic E-state index is 11.7. The zero-order valence-corrected chi connectivity index (χ0v) is 29.7. The summed E-state index contributed by atoms with van der Waals surface area (Å²) in [6, 6.07) is 17.5. The first-order valence-corrected chi connectivity index (χ1v) is 17.6. The topological polar surface area (TPSA) is 197 Å². The van der Waals surface area contributed by atoms with Crippen LogP contribution in [-0.2, 0) is 40.6 Å². The summed E-state index contributed by atoms with van der Waals surface area (Å²) in [4.78, 5) is 58.4. The lowest BCUT2D eigenvalue weighted by Gasteiger charge is -2.33. The molecule has 5 rings (SSSR count). The Morgan fingerprint density at radius 2 is 1.09 bits per heavy atom. The molecule has 53 heavy (non-hydrogen) atoms. The molecule has 282 valence electrons. The van der Waals surface area contributed by atoms with Crippen LogP contribution in [0.1, 0.15) is 17.1 Å². The van der Waals surface area contributed by atoms with Gasteiger partial charge in [0.25, 0.3) is 0 Å². The van der Waals surface area contributed by atoms with Crippen LogP contribution >= 0.6 is 0 Å². The number of rotatable bonds is 16. The number of pyridine rings is 3. The molecule has 1 aliphatic rings. The fraction of sp³-hybridized carbons (Fsp3) is 0.444. The monoisotopic (exact) mass is 729 g/mol. The van der Waals surface area contributed by atoms with Gasteiger partial charge in [0.2, 0.25) is 0 Å². The van der Waals surface area contributed by atoms with Crippen LogP contribution < -0.4 is 0 Å². The van der Waals surface area contributed by atoms with Crippen molar-refractivity contribution in [2.24, 2.45) is 0 Å². The molecule has 5 heterocycles. The summed E-state index contributed by atoms with van der Waals surface area (Å²) in [5.41, 5.74) is 4.01. The van der Waals surface area contributed by atoms with Gasteiger partial charge in [-0.15, -0.1) is 5.10 Å². The number of aromatic nitrogens is 6. The number of hydrogen-bond acceptors (Lipinski definition) is 13. The number of carbonyl (C=O) groups is 3. The summed E-state index contributed by atoms with van der Waals surface area (Å²) in [5.74, 6) is -2.91. The van der Waals surface area contributed by atoms with Gasteiger partial charge in [-0.25, -0.2) is 4.98 Å². The summed E-state index contributed by atoms with van der Waals surface area (Å²) in [5, 5.41) is 37.3. The molecule has 0 radical (unpaired) electrons. The standard InChI is InChI=1S/C36H47N11O6/c48-34(49)26-43-14-12-42(13-15-44(27-35(50)51)17-19-45(18-16-43)28-36(52)53)24-31-8-5-9-32(39-31)33-25-47(41-40-33)21-20-46(22-29-6-1-3-10-37-29)23-30-7-2-4-11-38-30/h1-11,25H,12-24,26-28H2,(H,48,49)(H,50,51)(H,52,53). The van der Waals surface area contributed by atoms with Crippen molar-refractivity contribution in [3.8, 4) is 11.4 Å². The van der Waals surface area contributed by atoms with Gasteiger partial charge in [-0.1, -0.05) is 23.4 Å². The Hall–Kier alpha value is -5.20. The van der Waals surface area contributed by atoms with Gasteiger partial charge in [0.1, 0.15) is 5.69 Å². The number of nitrogens with zero attached hydrogens (tertiary/aromatic N) is 11. The molecule has 1 aliphatic heterocycles. The molecule has 0 saturated carbocycles. The minimum absolute atomic E-state index is 0.173. The fourth-order valence-electron chi connectivity index (χ4n) is 6.15. The van der Waals surface area contributed by atoms with Gasteiger partial charge in [0, 0.05) is 90.9 Å². The van der Waals surface area contributed by atoms with E-state index in [0.717, 1.165) is 17.1 Å². The third-order valence-corrected chi connectivity index (χ3v) is 8.87. The van der Waals surface area contributed by atoms with E-state index in [1.165, 1.54) is 0 Å². The Labute approximate surface area is 308 Å². The second kappa shape index (κ2) is 20.1. The van der Waals surface area contributed by atoms with E-state index in [1.54, 1.807) is 31.8 Å². The molecule has 17 heteroatoms. The van der Waals surface area contributed by atoms with Crippen LogP contribution in [0, 0.1) is 0 Å². The van der Waals surface area contributed by atoms with Crippen LogP contribution in [0.15, 0.2) is 73.2 Å². The molecule has 0 amide bonds.